The number of primary amides is 1. The minimum Gasteiger partial charge on any atom is -0.366 e. The normalized spacial score (nSPS) is 10.1. The fraction of sp³-hybridized carbons (Fsp3) is 0.308. The van der Waals surface area contributed by atoms with Crippen LogP contribution < -0.4 is 16.4 Å². The Kier molecular flexibility index (Phi) is 5.05. The van der Waals surface area contributed by atoms with Crippen LogP contribution in [0.3, 0.4) is 0 Å². The van der Waals surface area contributed by atoms with Gasteiger partial charge in [0, 0.05) is 6.54 Å². The molecule has 6 heteroatoms. The first-order valence-corrected chi connectivity index (χ1v) is 5.89. The Hall–Kier alpha value is -2.37. The standard InChI is InChI=1S/C13H17N3O3/c1-8(2)7-15-12(18)13(19)16-10-6-4-3-5-9(10)11(14)17/h3-6,8H,7H2,1-2H3,(H2,14,17)(H,15,18)(H,16,19). The summed E-state index contributed by atoms with van der Waals surface area (Å²) in [6.07, 6.45) is 0. The van der Waals surface area contributed by atoms with E-state index < -0.39 is 17.7 Å². The number of hydrogen-bond donors (Lipinski definition) is 3. The number of hydrogen-bond acceptors (Lipinski definition) is 3. The summed E-state index contributed by atoms with van der Waals surface area (Å²) in [5, 5.41) is 4.85. The molecule has 0 saturated carbocycles. The number of anilines is 1. The molecule has 1 aromatic carbocycles. The molecule has 0 aliphatic heterocycles. The van der Waals surface area contributed by atoms with Gasteiger partial charge in [-0.3, -0.25) is 14.4 Å². The van der Waals surface area contributed by atoms with Gasteiger partial charge in [0.15, 0.2) is 0 Å². The summed E-state index contributed by atoms with van der Waals surface area (Å²) in [4.78, 5) is 34.3. The molecule has 0 bridgehead atoms. The number of carbonyl (C=O) groups is 3. The van der Waals surface area contributed by atoms with E-state index in [0.29, 0.717) is 6.54 Å². The molecule has 0 aliphatic carbocycles. The molecule has 1 aromatic rings. The minimum atomic E-state index is -0.825. The molecule has 0 radical (unpaired) electrons. The Morgan fingerprint density at radius 1 is 1.16 bits per heavy atom. The van der Waals surface area contributed by atoms with Crippen molar-refractivity contribution in [2.24, 2.45) is 11.7 Å². The molecule has 3 amide bonds. The molecule has 0 spiro atoms. The highest BCUT2D eigenvalue weighted by Crippen LogP contribution is 2.13. The molecular formula is C13H17N3O3. The second-order valence-electron chi connectivity index (χ2n) is 4.47. The molecule has 0 heterocycles. The fourth-order valence-electron chi connectivity index (χ4n) is 1.36. The zero-order chi connectivity index (χ0) is 14.4. The van der Waals surface area contributed by atoms with Gasteiger partial charge in [0.25, 0.3) is 5.91 Å². The monoisotopic (exact) mass is 263 g/mol. The molecule has 1 rings (SSSR count). The first-order chi connectivity index (χ1) is 8.91. The van der Waals surface area contributed by atoms with Gasteiger partial charge < -0.3 is 16.4 Å². The van der Waals surface area contributed by atoms with Crippen LogP contribution in [0.4, 0.5) is 5.69 Å². The molecule has 0 aromatic heterocycles. The van der Waals surface area contributed by atoms with Crippen LogP contribution in [0.2, 0.25) is 0 Å². The summed E-state index contributed by atoms with van der Waals surface area (Å²) in [5.74, 6) is -1.99. The predicted octanol–water partition coefficient (Wildman–Crippen LogP) is 0.496. The van der Waals surface area contributed by atoms with E-state index in [9.17, 15) is 14.4 Å². The molecule has 0 unspecified atom stereocenters. The first kappa shape index (κ1) is 14.7. The maximum Gasteiger partial charge on any atom is 0.313 e. The van der Waals surface area contributed by atoms with E-state index in [1.165, 1.54) is 12.1 Å². The van der Waals surface area contributed by atoms with Gasteiger partial charge >= 0.3 is 11.8 Å². The molecular weight excluding hydrogens is 246 g/mol. The van der Waals surface area contributed by atoms with Crippen molar-refractivity contribution in [3.63, 3.8) is 0 Å². The number of amides is 3. The van der Waals surface area contributed by atoms with Crippen molar-refractivity contribution in [1.82, 2.24) is 5.32 Å². The average Bonchev–Trinajstić information content (AvgIpc) is 2.36. The third-order valence-corrected chi connectivity index (χ3v) is 2.32. The van der Waals surface area contributed by atoms with Crippen LogP contribution in [-0.4, -0.2) is 24.3 Å². The summed E-state index contributed by atoms with van der Waals surface area (Å²) in [6, 6.07) is 6.24. The van der Waals surface area contributed by atoms with Gasteiger partial charge in [0.1, 0.15) is 0 Å². The van der Waals surface area contributed by atoms with Crippen molar-refractivity contribution in [1.29, 1.82) is 0 Å². The van der Waals surface area contributed by atoms with E-state index in [0.717, 1.165) is 0 Å². The SMILES string of the molecule is CC(C)CNC(=O)C(=O)Nc1ccccc1C(N)=O. The third-order valence-electron chi connectivity index (χ3n) is 2.32. The van der Waals surface area contributed by atoms with Gasteiger partial charge in [-0.25, -0.2) is 0 Å². The van der Waals surface area contributed by atoms with Gasteiger partial charge in [0.05, 0.1) is 11.3 Å². The van der Waals surface area contributed by atoms with E-state index in [1.807, 2.05) is 13.8 Å². The molecule has 0 fully saturated rings. The van der Waals surface area contributed by atoms with Crippen molar-refractivity contribution in [2.45, 2.75) is 13.8 Å². The van der Waals surface area contributed by atoms with Gasteiger partial charge in [-0.15, -0.1) is 0 Å². The molecule has 4 N–H and O–H groups in total. The number of nitrogens with two attached hydrogens (primary N) is 1. The first-order valence-electron chi connectivity index (χ1n) is 5.89. The summed E-state index contributed by atoms with van der Waals surface area (Å²) in [5.41, 5.74) is 5.56. The molecule has 6 nitrogen and oxygen atoms in total. The largest absolute Gasteiger partial charge is 0.366 e. The highest BCUT2D eigenvalue weighted by Gasteiger charge is 2.16. The topological polar surface area (TPSA) is 101 Å². The molecule has 0 atom stereocenters. The van der Waals surface area contributed by atoms with Gasteiger partial charge in [-0.2, -0.15) is 0 Å². The van der Waals surface area contributed by atoms with Crippen LogP contribution >= 0.6 is 0 Å². The number of nitrogens with one attached hydrogen (secondary N) is 2. The molecule has 19 heavy (non-hydrogen) atoms. The second-order valence-corrected chi connectivity index (χ2v) is 4.47. The second kappa shape index (κ2) is 6.53. The van der Waals surface area contributed by atoms with Crippen molar-refractivity contribution in [3.05, 3.63) is 29.8 Å². The molecule has 0 aliphatic rings. The maximum absolute atomic E-state index is 11.6. The third kappa shape index (κ3) is 4.42. The Balaban J connectivity index is 2.72. The van der Waals surface area contributed by atoms with Gasteiger partial charge in [0.2, 0.25) is 0 Å². The lowest BCUT2D eigenvalue weighted by Crippen LogP contribution is -2.37. The lowest BCUT2D eigenvalue weighted by atomic mass is 10.1. The van der Waals surface area contributed by atoms with Gasteiger partial charge in [-0.05, 0) is 18.1 Å². The molecule has 102 valence electrons. The zero-order valence-electron chi connectivity index (χ0n) is 10.9. The van der Waals surface area contributed by atoms with Crippen LogP contribution in [0.15, 0.2) is 24.3 Å². The fourth-order valence-corrected chi connectivity index (χ4v) is 1.36. The smallest absolute Gasteiger partial charge is 0.313 e. The number of carbonyl (C=O) groups excluding carboxylic acids is 3. The van der Waals surface area contributed by atoms with Crippen molar-refractivity contribution < 1.29 is 14.4 Å². The van der Waals surface area contributed by atoms with E-state index in [1.54, 1.807) is 12.1 Å². The highest BCUT2D eigenvalue weighted by molar-refractivity contribution is 6.40. The quantitative estimate of drug-likeness (QED) is 0.689. The van der Waals surface area contributed by atoms with Crippen LogP contribution in [0.1, 0.15) is 24.2 Å². The van der Waals surface area contributed by atoms with Crippen LogP contribution in [0.25, 0.3) is 0 Å². The lowest BCUT2D eigenvalue weighted by Gasteiger charge is -2.10. The Morgan fingerprint density at radius 2 is 1.79 bits per heavy atom. The number of benzene rings is 1. The summed E-state index contributed by atoms with van der Waals surface area (Å²) >= 11 is 0. The average molecular weight is 263 g/mol. The summed E-state index contributed by atoms with van der Waals surface area (Å²) in [7, 11) is 0. The molecule has 0 saturated heterocycles. The Bertz CT molecular complexity index is 498. The Morgan fingerprint density at radius 3 is 2.37 bits per heavy atom. The number of rotatable bonds is 4. The highest BCUT2D eigenvalue weighted by atomic mass is 16.2. The van der Waals surface area contributed by atoms with Crippen LogP contribution in [0, 0.1) is 5.92 Å². The van der Waals surface area contributed by atoms with Crippen molar-refractivity contribution in [2.75, 3.05) is 11.9 Å². The summed E-state index contributed by atoms with van der Waals surface area (Å²) in [6.45, 7) is 4.24. The van der Waals surface area contributed by atoms with E-state index in [2.05, 4.69) is 10.6 Å². The van der Waals surface area contributed by atoms with E-state index in [-0.39, 0.29) is 17.2 Å². The Labute approximate surface area is 111 Å². The van der Waals surface area contributed by atoms with E-state index in [4.69, 9.17) is 5.73 Å². The van der Waals surface area contributed by atoms with Crippen LogP contribution in [-0.2, 0) is 9.59 Å². The maximum atomic E-state index is 11.6. The number of para-hydroxylation sites is 1. The minimum absolute atomic E-state index is 0.160. The predicted molar refractivity (Wildman–Crippen MR) is 71.4 cm³/mol. The lowest BCUT2D eigenvalue weighted by molar-refractivity contribution is -0.136. The van der Waals surface area contributed by atoms with Crippen molar-refractivity contribution in [3.8, 4) is 0 Å². The van der Waals surface area contributed by atoms with Crippen LogP contribution in [0.5, 0.6) is 0 Å². The zero-order valence-corrected chi connectivity index (χ0v) is 10.9. The van der Waals surface area contributed by atoms with Gasteiger partial charge in [-0.1, -0.05) is 26.0 Å². The van der Waals surface area contributed by atoms with Crippen molar-refractivity contribution >= 4 is 23.4 Å². The summed E-state index contributed by atoms with van der Waals surface area (Å²) < 4.78 is 0. The van der Waals surface area contributed by atoms with E-state index >= 15 is 0 Å².